The molecular weight excluding hydrogens is 2070 g/mol. The SMILES string of the molecule is CC(=O)NCCSc1c(C)ccc2c(C)nc(Nc3nc(C)c(C)c(=O)[nH]3)nc12.CCC1O[C@@H](Sc2c(C)ccc3c(C)nc(Nc4nc(C)c(C)c(=O)[nH]4)nc23)C(OC(C)=O)[C@@H](C)[C@@H]1C.Cc1ccc2c(C)nc(Nc3nc(C)c(C)c(=O)[nH]3)nc2c1.Cc1ccc2c(C)nc(Nc3nc(C)c(C)c(=O)[nH]3)nc2c1I.Cc1ccc2c(C)nc(Nc3nc(C)c(C)c(=O)[nH]3)nc2c1S[C@@H]1OC(CO)[C@@H](O)[C@H](O)C1O.O=C=O. The van der Waals surface area contributed by atoms with E-state index in [1.807, 2.05) is 124 Å². The number of esters is 1. The van der Waals surface area contributed by atoms with E-state index in [2.05, 4.69) is 177 Å². The summed E-state index contributed by atoms with van der Waals surface area (Å²) >= 11 is 6.61. The van der Waals surface area contributed by atoms with Crippen LogP contribution in [0.15, 0.2) is 105 Å². The van der Waals surface area contributed by atoms with Crippen LogP contribution < -0.4 is 59.7 Å². The zero-order chi connectivity index (χ0) is 108. The van der Waals surface area contributed by atoms with Gasteiger partial charge in [-0.25, -0.2) is 74.8 Å². The number of halogens is 1. The highest BCUT2D eigenvalue weighted by atomic mass is 127. The molecule has 15 N–H and O–H groups in total. The van der Waals surface area contributed by atoms with E-state index in [4.69, 9.17) is 33.8 Å². The number of anilines is 10. The van der Waals surface area contributed by atoms with Gasteiger partial charge in [-0.15, -0.1) is 11.8 Å². The standard InChI is InChI=1S/C27H35N5O4S.C22H27N5O6S.C20H24N6O2S.C16H16IN5O.C16H17N5O.CO2/c1-9-20-13(3)14(4)22(35-18(8)33)25(36-20)37-23-12(2)10-11-19-17(7)29-26(30-21(19)23)32-27-28-16(6)15(5)24(34)31-27;1-8-5-6-12-11(4)24-21(27-22-23-10(3)9(2)19(32)26-22)25-14(12)18(8)34-20-17(31)16(30)15(29)13(7-28)33-20;1-10-6-7-15-13(4)23-19(26-20-22-12(3)11(2)18(28)25-20)24-16(15)17(10)29-9-8-21-14(5)27;1-7-5-6-11-10(4)19-15(20-13(11)12(7)17)22-16-18-9(3)8(2)14(23)21-16;1-8-5-6-12-11(4)18-15(19-13(12)7-8)21-16-17-10(3)9(2)14(22)20-16;2-1-3/h10-11,13-14,20,22,25H,9H2,1-8H3,(H2,28,29,30,31,32,34);5-6,13,15-17,20,28-31H,7H2,1-4H3,(H2,23,24,25,26,27,32);6-7H,8-9H2,1-5H3,(H,21,27)(H2,22,23,24,25,26,28);5-6H,1-4H3,(H2,18,19,20,21,22,23);5-7H,1-4H3,(H2,17,18,19,20,21,22);/t13-,14-,20?,22?,25-;13?,15-,16+,17?,20+;;;;/m01..../s1. The summed E-state index contributed by atoms with van der Waals surface area (Å²) in [6.07, 6.45) is -4.50. The summed E-state index contributed by atoms with van der Waals surface area (Å²) in [6, 6.07) is 22.0. The molecule has 2 saturated heterocycles. The first-order valence-electron chi connectivity index (χ1n) is 47.2. The van der Waals surface area contributed by atoms with E-state index in [1.54, 1.807) is 81.0 Å². The van der Waals surface area contributed by atoms with Gasteiger partial charge in [-0.05, 0) is 207 Å². The molecule has 15 aromatic rings. The van der Waals surface area contributed by atoms with Gasteiger partial charge in [0.15, 0.2) is 0 Å². The van der Waals surface area contributed by atoms with Gasteiger partial charge >= 0.3 is 12.1 Å². The fourth-order valence-corrected chi connectivity index (χ4v) is 20.1. The Balaban J connectivity index is 0.000000165. The molecule has 46 heteroatoms. The van der Waals surface area contributed by atoms with Crippen LogP contribution in [0.2, 0.25) is 0 Å². The zero-order valence-corrected chi connectivity index (χ0v) is 91.1. The molecule has 1 amide bonds. The molecule has 4 unspecified atom stereocenters. The lowest BCUT2D eigenvalue weighted by atomic mass is 9.83. The van der Waals surface area contributed by atoms with Gasteiger partial charge in [-0.2, -0.15) is 9.59 Å². The molecule has 2 aliphatic rings. The lowest BCUT2D eigenvalue weighted by Gasteiger charge is -2.43. The van der Waals surface area contributed by atoms with Gasteiger partial charge in [0.05, 0.1) is 68.8 Å². The van der Waals surface area contributed by atoms with Crippen molar-refractivity contribution in [1.82, 2.24) is 105 Å². The Morgan fingerprint density at radius 3 is 1.09 bits per heavy atom. The van der Waals surface area contributed by atoms with Crippen LogP contribution in [-0.2, 0) is 33.4 Å². The number of aliphatic hydroxyl groups excluding tert-OH is 4. The number of carbonyl (C=O) groups excluding carboxylic acids is 4. The number of rotatable bonds is 21. The number of nitrogens with one attached hydrogen (secondary N) is 11. The topological polar surface area (TPSA) is 607 Å². The summed E-state index contributed by atoms with van der Waals surface area (Å²) in [7, 11) is 0. The van der Waals surface area contributed by atoms with E-state index < -0.39 is 36.5 Å². The minimum atomic E-state index is -1.47. The van der Waals surface area contributed by atoms with Crippen molar-refractivity contribution in [3.05, 3.63) is 235 Å². The first kappa shape index (κ1) is 113. The average molecular weight is 2190 g/mol. The summed E-state index contributed by atoms with van der Waals surface area (Å²) in [6.45, 7) is 46.5. The summed E-state index contributed by atoms with van der Waals surface area (Å²) in [4.78, 5) is 183. The molecule has 778 valence electrons. The van der Waals surface area contributed by atoms with Crippen LogP contribution in [0.4, 0.5) is 59.5 Å². The second-order valence-electron chi connectivity index (χ2n) is 35.9. The summed E-state index contributed by atoms with van der Waals surface area (Å²) in [5.74, 6) is 4.03. The molecule has 0 saturated carbocycles. The van der Waals surface area contributed by atoms with E-state index >= 15 is 0 Å². The Hall–Kier alpha value is -13.9. The molecule has 148 heavy (non-hydrogen) atoms. The molecule has 0 spiro atoms. The maximum Gasteiger partial charge on any atom is 0.373 e. The number of fused-ring (bicyclic) bond motifs is 5. The molecule has 0 bridgehead atoms. The molecule has 17 rings (SSSR count). The summed E-state index contributed by atoms with van der Waals surface area (Å²) in [5.41, 5.74) is 17.0. The molecule has 2 aliphatic heterocycles. The van der Waals surface area contributed by atoms with Crippen LogP contribution >= 0.6 is 57.9 Å². The van der Waals surface area contributed by atoms with E-state index in [1.165, 1.54) is 31.2 Å². The number of H-pyrrole nitrogens is 5. The normalized spacial score (nSPS) is 17.2. The number of carbonyl (C=O) groups is 2. The molecule has 10 atom stereocenters. The first-order chi connectivity index (χ1) is 70.1. The third-order valence-corrected chi connectivity index (χ3v) is 30.6. The predicted octanol–water partition coefficient (Wildman–Crippen LogP) is 14.0. The van der Waals surface area contributed by atoms with Crippen molar-refractivity contribution in [2.45, 2.75) is 242 Å². The number of aromatic amines is 5. The fourth-order valence-electron chi connectivity index (χ4n) is 15.9. The van der Waals surface area contributed by atoms with Crippen LogP contribution in [0.3, 0.4) is 0 Å². The van der Waals surface area contributed by atoms with Crippen LogP contribution in [0.25, 0.3) is 54.5 Å². The van der Waals surface area contributed by atoms with Crippen LogP contribution in [0, 0.1) is 154 Å². The number of thioether (sulfide) groups is 3. The van der Waals surface area contributed by atoms with Crippen molar-refractivity contribution in [3.8, 4) is 0 Å². The van der Waals surface area contributed by atoms with Crippen molar-refractivity contribution < 1.29 is 53.8 Å². The number of ether oxygens (including phenoxy) is 3. The van der Waals surface area contributed by atoms with Gasteiger partial charge in [0.1, 0.15) is 41.4 Å². The van der Waals surface area contributed by atoms with Crippen LogP contribution in [0.5, 0.6) is 0 Å². The number of aryl methyl sites for hydroxylation is 15. The molecule has 0 radical (unpaired) electrons. The van der Waals surface area contributed by atoms with Gasteiger partial charge in [-0.1, -0.05) is 105 Å². The Labute approximate surface area is 876 Å². The Morgan fingerprint density at radius 1 is 0.405 bits per heavy atom. The maximum atomic E-state index is 12.2. The van der Waals surface area contributed by atoms with Crippen molar-refractivity contribution in [3.63, 3.8) is 0 Å². The highest BCUT2D eigenvalue weighted by Crippen LogP contribution is 2.45. The predicted molar refractivity (Wildman–Crippen MR) is 579 cm³/mol. The monoisotopic (exact) mass is 2190 g/mol. The average Bonchev–Trinajstić information content (AvgIpc) is 0.778. The van der Waals surface area contributed by atoms with Crippen LogP contribution in [0.1, 0.15) is 154 Å². The van der Waals surface area contributed by atoms with Crippen molar-refractivity contribution in [2.24, 2.45) is 11.8 Å². The highest BCUT2D eigenvalue weighted by Gasteiger charge is 2.46. The fraction of sp³-hybridized carbons (Fsp3) is 0.382. The van der Waals surface area contributed by atoms with Gasteiger partial charge in [0, 0.05) is 134 Å². The number of benzene rings is 5. The minimum absolute atomic E-state index is 0.0419. The van der Waals surface area contributed by atoms with Gasteiger partial charge in [0.2, 0.25) is 65.4 Å². The lowest BCUT2D eigenvalue weighted by Crippen LogP contribution is -2.57. The second kappa shape index (κ2) is 49.3. The number of aliphatic hydroxyl groups is 4. The van der Waals surface area contributed by atoms with E-state index in [0.29, 0.717) is 121 Å². The largest absolute Gasteiger partial charge is 0.459 e. The van der Waals surface area contributed by atoms with Crippen molar-refractivity contribution >= 4 is 190 Å². The quantitative estimate of drug-likeness (QED) is 0.0137. The third-order valence-electron chi connectivity index (χ3n) is 25.2. The van der Waals surface area contributed by atoms with Crippen LogP contribution in [-0.4, -0.2) is 205 Å². The Morgan fingerprint density at radius 2 is 0.730 bits per heavy atom. The minimum Gasteiger partial charge on any atom is -0.459 e. The molecule has 12 heterocycles. The molecule has 10 aromatic heterocycles. The van der Waals surface area contributed by atoms with Crippen molar-refractivity contribution in [1.29, 1.82) is 0 Å². The van der Waals surface area contributed by atoms with E-state index in [0.717, 1.165) is 131 Å². The summed E-state index contributed by atoms with van der Waals surface area (Å²) in [5, 5.41) is 62.7. The number of amides is 1. The Bertz CT molecular complexity index is 7940. The highest BCUT2D eigenvalue weighted by molar-refractivity contribution is 14.1. The van der Waals surface area contributed by atoms with Crippen molar-refractivity contribution in [2.75, 3.05) is 45.5 Å². The molecule has 42 nitrogen and oxygen atoms in total. The second-order valence-corrected chi connectivity index (χ2v) is 40.3. The lowest BCUT2D eigenvalue weighted by molar-refractivity contribution is -0.205. The van der Waals surface area contributed by atoms with E-state index in [9.17, 15) is 54.0 Å². The first-order valence-corrected chi connectivity index (χ1v) is 51.0. The summed E-state index contributed by atoms with van der Waals surface area (Å²) < 4.78 is 19.1. The molecule has 5 aromatic carbocycles. The number of hydrogen-bond acceptors (Lipinski definition) is 39. The van der Waals surface area contributed by atoms with Gasteiger partial charge in [0.25, 0.3) is 27.8 Å². The smallest absolute Gasteiger partial charge is 0.373 e. The Kier molecular flexibility index (Phi) is 37.5. The molecule has 0 aliphatic carbocycles. The third kappa shape index (κ3) is 27.0. The zero-order valence-electron chi connectivity index (χ0n) is 86.5. The molecular formula is C102H119IN26O16S3. The molecule has 2 fully saturated rings. The van der Waals surface area contributed by atoms with Gasteiger partial charge < -0.3 is 40.0 Å². The number of hydrogen-bond donors (Lipinski definition) is 15. The number of aromatic nitrogens is 20. The van der Waals surface area contributed by atoms with E-state index in [-0.39, 0.29) is 93.1 Å². The maximum absolute atomic E-state index is 12.2. The number of nitrogens with zero attached hydrogens (tertiary/aromatic N) is 15. The van der Waals surface area contributed by atoms with Gasteiger partial charge in [-0.3, -0.25) is 85.1 Å².